The van der Waals surface area contributed by atoms with Gasteiger partial charge in [0.25, 0.3) is 0 Å². The van der Waals surface area contributed by atoms with Crippen LogP contribution in [-0.4, -0.2) is 24.3 Å². The number of hydrogen-bond acceptors (Lipinski definition) is 4. The van der Waals surface area contributed by atoms with Crippen LogP contribution in [0.15, 0.2) is 0 Å². The van der Waals surface area contributed by atoms with Crippen LogP contribution in [0.3, 0.4) is 0 Å². The van der Waals surface area contributed by atoms with Crippen molar-refractivity contribution in [3.63, 3.8) is 0 Å². The van der Waals surface area contributed by atoms with Crippen LogP contribution in [0.4, 0.5) is 0 Å². The van der Waals surface area contributed by atoms with Gasteiger partial charge in [0, 0.05) is 0 Å². The van der Waals surface area contributed by atoms with Gasteiger partial charge in [-0.25, -0.2) is 0 Å². The maximum Gasteiger partial charge on any atom is 0.331 e. The fourth-order valence-electron chi connectivity index (χ4n) is 0.992. The molecule has 2 unspecified atom stereocenters. The Morgan fingerprint density at radius 1 is 1.73 bits per heavy atom. The molecule has 1 aliphatic heterocycles. The molecule has 0 amide bonds. The Kier molecular flexibility index (Phi) is 4.26. The van der Waals surface area contributed by atoms with E-state index in [-0.39, 0.29) is 6.23 Å². The van der Waals surface area contributed by atoms with Crippen LogP contribution < -0.4 is 5.32 Å². The second kappa shape index (κ2) is 5.01. The highest BCUT2D eigenvalue weighted by Crippen LogP contribution is 2.35. The van der Waals surface area contributed by atoms with E-state index in [1.165, 1.54) is 0 Å². The first-order chi connectivity index (χ1) is 5.33. The maximum absolute atomic E-state index is 9.09. The quantitative estimate of drug-likeness (QED) is 0.631. The number of hydrogen-bond donors (Lipinski definition) is 2. The van der Waals surface area contributed by atoms with Crippen molar-refractivity contribution in [2.75, 3.05) is 13.2 Å². The molecule has 1 fully saturated rings. The van der Waals surface area contributed by atoms with Crippen molar-refractivity contribution in [1.82, 2.24) is 5.32 Å². The first kappa shape index (κ1) is 9.36. The van der Waals surface area contributed by atoms with Gasteiger partial charge in [0.15, 0.2) is 0 Å². The molecular weight excluding hydrogens is 165 g/mol. The van der Waals surface area contributed by atoms with Crippen molar-refractivity contribution in [2.45, 2.75) is 26.0 Å². The Labute approximate surface area is 67.9 Å². The van der Waals surface area contributed by atoms with E-state index in [0.717, 1.165) is 19.4 Å². The molecule has 1 heterocycles. The van der Waals surface area contributed by atoms with Gasteiger partial charge in [0.05, 0.1) is 6.61 Å². The fourth-order valence-corrected chi connectivity index (χ4v) is 1.67. The van der Waals surface area contributed by atoms with Gasteiger partial charge in [-0.05, 0) is 26.3 Å². The van der Waals surface area contributed by atoms with E-state index >= 15 is 0 Å². The topological polar surface area (TPSA) is 50.7 Å². The molecule has 66 valence electrons. The second-order valence-electron chi connectivity index (χ2n) is 2.35. The van der Waals surface area contributed by atoms with Crippen molar-refractivity contribution < 1.29 is 13.9 Å². The lowest BCUT2D eigenvalue weighted by atomic mass is 10.4. The standard InChI is InChI=1S/C6H14NO3P/c1-2-9-11(8)10-6-4-3-5-7-6/h6-8H,2-5H2,1H3. The highest BCUT2D eigenvalue weighted by Gasteiger charge is 2.19. The van der Waals surface area contributed by atoms with E-state index < -0.39 is 8.60 Å². The van der Waals surface area contributed by atoms with Crippen LogP contribution in [-0.2, 0) is 9.05 Å². The lowest BCUT2D eigenvalue weighted by Gasteiger charge is -2.14. The lowest BCUT2D eigenvalue weighted by Crippen LogP contribution is -2.22. The molecule has 0 saturated carbocycles. The van der Waals surface area contributed by atoms with Crippen LogP contribution in [0.1, 0.15) is 19.8 Å². The van der Waals surface area contributed by atoms with Crippen molar-refractivity contribution >= 4 is 8.60 Å². The summed E-state index contributed by atoms with van der Waals surface area (Å²) in [5, 5.41) is 3.10. The largest absolute Gasteiger partial charge is 0.331 e. The third-order valence-corrected chi connectivity index (χ3v) is 2.39. The third kappa shape index (κ3) is 3.45. The summed E-state index contributed by atoms with van der Waals surface area (Å²) >= 11 is 0. The Bertz CT molecular complexity index is 108. The Morgan fingerprint density at radius 2 is 2.55 bits per heavy atom. The van der Waals surface area contributed by atoms with Crippen LogP contribution in [0.25, 0.3) is 0 Å². The van der Waals surface area contributed by atoms with Crippen LogP contribution >= 0.6 is 8.60 Å². The second-order valence-corrected chi connectivity index (χ2v) is 3.29. The van der Waals surface area contributed by atoms with Crippen LogP contribution in [0, 0.1) is 0 Å². The molecule has 0 radical (unpaired) electrons. The maximum atomic E-state index is 9.09. The molecule has 4 nitrogen and oxygen atoms in total. The first-order valence-electron chi connectivity index (χ1n) is 3.85. The molecule has 2 N–H and O–H groups in total. The third-order valence-electron chi connectivity index (χ3n) is 1.47. The van der Waals surface area contributed by atoms with Crippen LogP contribution in [0.5, 0.6) is 0 Å². The predicted molar refractivity (Wildman–Crippen MR) is 42.9 cm³/mol. The van der Waals surface area contributed by atoms with Gasteiger partial charge in [-0.3, -0.25) is 9.84 Å². The summed E-state index contributed by atoms with van der Waals surface area (Å²) in [4.78, 5) is 9.09. The minimum absolute atomic E-state index is 0.00217. The zero-order chi connectivity index (χ0) is 8.10. The van der Waals surface area contributed by atoms with Gasteiger partial charge in [0.1, 0.15) is 6.23 Å². The zero-order valence-corrected chi connectivity index (χ0v) is 7.51. The van der Waals surface area contributed by atoms with E-state index in [4.69, 9.17) is 13.9 Å². The highest BCUT2D eigenvalue weighted by molar-refractivity contribution is 7.40. The van der Waals surface area contributed by atoms with Gasteiger partial charge in [-0.15, -0.1) is 0 Å². The minimum Gasteiger partial charge on any atom is -0.328 e. The van der Waals surface area contributed by atoms with Crippen LogP contribution in [0.2, 0.25) is 0 Å². The summed E-state index contributed by atoms with van der Waals surface area (Å²) in [6, 6.07) is 0. The van der Waals surface area contributed by atoms with Gasteiger partial charge in [0.2, 0.25) is 0 Å². The van der Waals surface area contributed by atoms with Gasteiger partial charge >= 0.3 is 8.60 Å². The number of rotatable bonds is 4. The summed E-state index contributed by atoms with van der Waals surface area (Å²) in [6.07, 6.45) is 2.07. The smallest absolute Gasteiger partial charge is 0.328 e. The average molecular weight is 179 g/mol. The van der Waals surface area contributed by atoms with E-state index in [9.17, 15) is 0 Å². The molecular formula is C6H14NO3P. The summed E-state index contributed by atoms with van der Waals surface area (Å²) in [5.74, 6) is 0. The van der Waals surface area contributed by atoms with Crippen molar-refractivity contribution in [2.24, 2.45) is 0 Å². The van der Waals surface area contributed by atoms with Crippen molar-refractivity contribution in [3.8, 4) is 0 Å². The average Bonchev–Trinajstić information content (AvgIpc) is 2.40. The van der Waals surface area contributed by atoms with E-state index in [1.54, 1.807) is 0 Å². The zero-order valence-electron chi connectivity index (χ0n) is 6.62. The fraction of sp³-hybridized carbons (Fsp3) is 1.00. The van der Waals surface area contributed by atoms with Gasteiger partial charge < -0.3 is 9.42 Å². The molecule has 0 spiro atoms. The molecule has 5 heteroatoms. The normalized spacial score (nSPS) is 27.3. The molecule has 1 saturated heterocycles. The van der Waals surface area contributed by atoms with E-state index in [0.29, 0.717) is 6.61 Å². The summed E-state index contributed by atoms with van der Waals surface area (Å²) in [7, 11) is -1.65. The van der Waals surface area contributed by atoms with Gasteiger partial charge in [-0.1, -0.05) is 0 Å². The summed E-state index contributed by atoms with van der Waals surface area (Å²) in [6.45, 7) is 3.30. The van der Waals surface area contributed by atoms with Crippen molar-refractivity contribution in [3.05, 3.63) is 0 Å². The lowest BCUT2D eigenvalue weighted by molar-refractivity contribution is 0.137. The van der Waals surface area contributed by atoms with E-state index in [1.807, 2.05) is 6.92 Å². The molecule has 11 heavy (non-hydrogen) atoms. The Hall–Kier alpha value is 0.270. The Morgan fingerprint density at radius 3 is 3.09 bits per heavy atom. The van der Waals surface area contributed by atoms with Gasteiger partial charge in [-0.2, -0.15) is 0 Å². The summed E-state index contributed by atoms with van der Waals surface area (Å²) in [5.41, 5.74) is 0. The molecule has 0 aromatic rings. The monoisotopic (exact) mass is 179 g/mol. The first-order valence-corrected chi connectivity index (χ1v) is 4.98. The van der Waals surface area contributed by atoms with E-state index in [2.05, 4.69) is 5.32 Å². The summed E-state index contributed by atoms with van der Waals surface area (Å²) < 4.78 is 10.0. The minimum atomic E-state index is -1.65. The highest BCUT2D eigenvalue weighted by atomic mass is 31.2. The number of nitrogens with one attached hydrogen (secondary N) is 1. The Balaban J connectivity index is 2.08. The SMILES string of the molecule is CCOP(O)OC1CCCN1. The molecule has 0 aliphatic carbocycles. The molecule has 0 bridgehead atoms. The molecule has 1 aliphatic rings. The molecule has 1 rings (SSSR count). The molecule has 2 atom stereocenters. The molecule has 0 aromatic carbocycles. The molecule has 0 aromatic heterocycles. The predicted octanol–water partition coefficient (Wildman–Crippen LogP) is 0.968. The van der Waals surface area contributed by atoms with Crippen molar-refractivity contribution in [1.29, 1.82) is 0 Å².